The van der Waals surface area contributed by atoms with Gasteiger partial charge in [0.05, 0.1) is 9.52 Å². The molecule has 0 saturated heterocycles. The lowest BCUT2D eigenvalue weighted by Crippen LogP contribution is -2.16. The predicted octanol–water partition coefficient (Wildman–Crippen LogP) is 6.62. The second-order valence-corrected chi connectivity index (χ2v) is 9.45. The van der Waals surface area contributed by atoms with Gasteiger partial charge in [0.25, 0.3) is 0 Å². The molecule has 3 aromatic carbocycles. The Labute approximate surface area is 170 Å². The summed E-state index contributed by atoms with van der Waals surface area (Å²) in [6, 6.07) is 28.9. The zero-order chi connectivity index (χ0) is 19.1. The van der Waals surface area contributed by atoms with Gasteiger partial charge >= 0.3 is 0 Å². The van der Waals surface area contributed by atoms with Crippen molar-refractivity contribution in [2.24, 2.45) is 0 Å². The molecule has 0 spiro atoms. The van der Waals surface area contributed by atoms with Gasteiger partial charge in [0.1, 0.15) is 0 Å². The average molecular weight is 377 g/mol. The lowest BCUT2D eigenvalue weighted by atomic mass is 9.98. The van der Waals surface area contributed by atoms with Gasteiger partial charge in [-0.15, -0.1) is 0 Å². The molecule has 0 bridgehead atoms. The SMILES string of the molecule is CC1=Cc2ccccc2C1[Si]C1C(C)=C(Cc2ccccc2)c2ccccc21. The molecule has 0 aliphatic heterocycles. The molecule has 0 aromatic heterocycles. The van der Waals surface area contributed by atoms with E-state index in [1.54, 1.807) is 5.57 Å². The van der Waals surface area contributed by atoms with Crippen LogP contribution in [0.3, 0.4) is 0 Å². The highest BCUT2D eigenvalue weighted by Crippen LogP contribution is 2.46. The van der Waals surface area contributed by atoms with E-state index in [1.165, 1.54) is 39.0 Å². The van der Waals surface area contributed by atoms with Crippen molar-refractivity contribution < 1.29 is 0 Å². The van der Waals surface area contributed by atoms with Crippen LogP contribution in [0.2, 0.25) is 0 Å². The summed E-state index contributed by atoms with van der Waals surface area (Å²) in [4.78, 5) is 0. The maximum Gasteiger partial charge on any atom is 0.0678 e. The quantitative estimate of drug-likeness (QED) is 0.449. The molecule has 1 heteroatoms. The molecule has 0 amide bonds. The Hall–Kier alpha value is -2.64. The molecule has 2 aliphatic rings. The molecule has 136 valence electrons. The highest BCUT2D eigenvalue weighted by molar-refractivity contribution is 6.44. The zero-order valence-corrected chi connectivity index (χ0v) is 17.4. The van der Waals surface area contributed by atoms with Gasteiger partial charge in [-0.3, -0.25) is 0 Å². The third-order valence-electron chi connectivity index (χ3n) is 6.21. The molecule has 2 unspecified atom stereocenters. The standard InChI is InChI=1S/C27H24Si/c1-18-16-21-12-6-7-13-22(21)26(18)28-27-19(2)25(17-20-10-4-3-5-11-20)23-14-8-9-15-24(23)27/h3-16,26-27H,17H2,1-2H3. The summed E-state index contributed by atoms with van der Waals surface area (Å²) in [6.45, 7) is 4.68. The van der Waals surface area contributed by atoms with E-state index >= 15 is 0 Å². The van der Waals surface area contributed by atoms with Crippen molar-refractivity contribution in [1.29, 1.82) is 0 Å². The number of fused-ring (bicyclic) bond motifs is 2. The van der Waals surface area contributed by atoms with Crippen LogP contribution in [0.4, 0.5) is 0 Å². The maximum atomic E-state index is 2.39. The molecule has 3 aromatic rings. The van der Waals surface area contributed by atoms with Crippen molar-refractivity contribution >= 4 is 21.2 Å². The largest absolute Gasteiger partial charge is 0.0684 e. The molecule has 2 radical (unpaired) electrons. The van der Waals surface area contributed by atoms with E-state index in [0.717, 1.165) is 15.9 Å². The summed E-state index contributed by atoms with van der Waals surface area (Å²) >= 11 is 0. The smallest absolute Gasteiger partial charge is 0.0678 e. The summed E-state index contributed by atoms with van der Waals surface area (Å²) in [5.41, 5.74) is 13.0. The summed E-state index contributed by atoms with van der Waals surface area (Å²) in [6.07, 6.45) is 3.42. The Kier molecular flexibility index (Phi) is 4.41. The van der Waals surface area contributed by atoms with Gasteiger partial charge < -0.3 is 0 Å². The van der Waals surface area contributed by atoms with Crippen LogP contribution in [-0.4, -0.2) is 9.52 Å². The minimum absolute atomic E-state index is 0.536. The van der Waals surface area contributed by atoms with Gasteiger partial charge in [0.15, 0.2) is 0 Å². The fraction of sp³-hybridized carbons (Fsp3) is 0.185. The van der Waals surface area contributed by atoms with Crippen LogP contribution in [-0.2, 0) is 6.42 Å². The normalized spacial score (nSPS) is 20.1. The Morgan fingerprint density at radius 2 is 1.39 bits per heavy atom. The van der Waals surface area contributed by atoms with Crippen LogP contribution < -0.4 is 0 Å². The van der Waals surface area contributed by atoms with Crippen molar-refractivity contribution in [3.63, 3.8) is 0 Å². The Morgan fingerprint density at radius 3 is 2.21 bits per heavy atom. The number of rotatable bonds is 4. The second-order valence-electron chi connectivity index (χ2n) is 7.96. The highest BCUT2D eigenvalue weighted by Gasteiger charge is 2.33. The van der Waals surface area contributed by atoms with Gasteiger partial charge in [-0.25, -0.2) is 0 Å². The summed E-state index contributed by atoms with van der Waals surface area (Å²) in [5.74, 6) is 0. The summed E-state index contributed by atoms with van der Waals surface area (Å²) in [5, 5.41) is 0. The first kappa shape index (κ1) is 17.5. The first-order valence-corrected chi connectivity index (χ1v) is 11.2. The summed E-state index contributed by atoms with van der Waals surface area (Å²) in [7, 11) is 0.855. The first-order chi connectivity index (χ1) is 13.7. The molecule has 2 atom stereocenters. The van der Waals surface area contributed by atoms with Crippen LogP contribution in [0.15, 0.2) is 90.0 Å². The van der Waals surface area contributed by atoms with E-state index in [2.05, 4.69) is 98.8 Å². The molecular formula is C27H24Si. The van der Waals surface area contributed by atoms with Crippen LogP contribution in [0, 0.1) is 0 Å². The van der Waals surface area contributed by atoms with Gasteiger partial charge in [0.2, 0.25) is 0 Å². The molecule has 2 aliphatic carbocycles. The molecule has 0 heterocycles. The minimum atomic E-state index is 0.536. The third kappa shape index (κ3) is 2.91. The Bertz CT molecular complexity index is 1090. The van der Waals surface area contributed by atoms with Gasteiger partial charge in [-0.2, -0.15) is 0 Å². The minimum Gasteiger partial charge on any atom is -0.0684 e. The zero-order valence-electron chi connectivity index (χ0n) is 16.4. The number of hydrogen-bond acceptors (Lipinski definition) is 0. The van der Waals surface area contributed by atoms with Crippen LogP contribution in [0.25, 0.3) is 11.6 Å². The molecule has 5 rings (SSSR count). The van der Waals surface area contributed by atoms with E-state index in [0.29, 0.717) is 11.1 Å². The predicted molar refractivity (Wildman–Crippen MR) is 121 cm³/mol. The van der Waals surface area contributed by atoms with Crippen molar-refractivity contribution in [2.75, 3.05) is 0 Å². The van der Waals surface area contributed by atoms with Crippen molar-refractivity contribution in [3.05, 3.63) is 118 Å². The molecule has 0 fully saturated rings. The van der Waals surface area contributed by atoms with Crippen LogP contribution in [0.1, 0.15) is 52.7 Å². The number of benzene rings is 3. The number of hydrogen-bond donors (Lipinski definition) is 0. The van der Waals surface area contributed by atoms with Gasteiger partial charge in [-0.1, -0.05) is 96.1 Å². The lowest BCUT2D eigenvalue weighted by Gasteiger charge is -2.20. The monoisotopic (exact) mass is 376 g/mol. The van der Waals surface area contributed by atoms with Crippen molar-refractivity contribution in [2.45, 2.75) is 31.4 Å². The molecule has 0 N–H and O–H groups in total. The van der Waals surface area contributed by atoms with Gasteiger partial charge in [0, 0.05) is 0 Å². The number of allylic oxidation sites excluding steroid dienone is 3. The average Bonchev–Trinajstić information content (AvgIpc) is 3.18. The fourth-order valence-corrected chi connectivity index (χ4v) is 6.74. The van der Waals surface area contributed by atoms with E-state index in [9.17, 15) is 0 Å². The topological polar surface area (TPSA) is 0 Å². The van der Waals surface area contributed by atoms with E-state index < -0.39 is 0 Å². The van der Waals surface area contributed by atoms with Crippen LogP contribution >= 0.6 is 0 Å². The van der Waals surface area contributed by atoms with E-state index in [4.69, 9.17) is 0 Å². The van der Waals surface area contributed by atoms with E-state index in [1.807, 2.05) is 0 Å². The second kappa shape index (κ2) is 7.07. The molecule has 0 nitrogen and oxygen atoms in total. The first-order valence-electron chi connectivity index (χ1n) is 10.1. The van der Waals surface area contributed by atoms with Crippen molar-refractivity contribution in [1.82, 2.24) is 0 Å². The van der Waals surface area contributed by atoms with Crippen molar-refractivity contribution in [3.8, 4) is 0 Å². The van der Waals surface area contributed by atoms with Gasteiger partial charge in [-0.05, 0) is 64.7 Å². The lowest BCUT2D eigenvalue weighted by molar-refractivity contribution is 1.03. The van der Waals surface area contributed by atoms with E-state index in [-0.39, 0.29) is 0 Å². The Morgan fingerprint density at radius 1 is 0.714 bits per heavy atom. The Balaban J connectivity index is 1.52. The molecule has 0 saturated carbocycles. The maximum absolute atomic E-state index is 2.39. The highest BCUT2D eigenvalue weighted by atomic mass is 28.2. The van der Waals surface area contributed by atoms with Crippen LogP contribution in [0.5, 0.6) is 0 Å². The summed E-state index contributed by atoms with van der Waals surface area (Å²) < 4.78 is 0. The third-order valence-corrected chi connectivity index (χ3v) is 8.39. The molecular weight excluding hydrogens is 352 g/mol. The molecule has 28 heavy (non-hydrogen) atoms. The fourth-order valence-electron chi connectivity index (χ4n) is 4.76.